The Hall–Kier alpha value is -2.56. The molecule has 1 amide bonds. The standard InChI is InChI=1S/C19H24N2O3/c1-6-11-21-13(2)17(19(23)24-5)16(18(21)22)12-14-7-9-15(10-8-14)20(3)4/h7-10,12H,6,11H2,1-5H3/b16-12-. The highest BCUT2D eigenvalue weighted by Gasteiger charge is 2.36. The number of hydrogen-bond donors (Lipinski definition) is 0. The van der Waals surface area contributed by atoms with Crippen molar-refractivity contribution in [3.05, 3.63) is 46.7 Å². The summed E-state index contributed by atoms with van der Waals surface area (Å²) >= 11 is 0. The van der Waals surface area contributed by atoms with Gasteiger partial charge in [-0.3, -0.25) is 4.79 Å². The van der Waals surface area contributed by atoms with E-state index in [1.807, 2.05) is 50.2 Å². The van der Waals surface area contributed by atoms with Crippen LogP contribution in [0.25, 0.3) is 6.08 Å². The molecule has 0 spiro atoms. The maximum atomic E-state index is 12.7. The molecule has 0 bridgehead atoms. The van der Waals surface area contributed by atoms with Gasteiger partial charge in [0.15, 0.2) is 0 Å². The highest BCUT2D eigenvalue weighted by atomic mass is 16.5. The quantitative estimate of drug-likeness (QED) is 0.616. The Morgan fingerprint density at radius 2 is 1.88 bits per heavy atom. The number of anilines is 1. The van der Waals surface area contributed by atoms with Gasteiger partial charge < -0.3 is 14.5 Å². The fourth-order valence-electron chi connectivity index (χ4n) is 2.76. The van der Waals surface area contributed by atoms with Crippen LogP contribution in [0.1, 0.15) is 25.8 Å². The van der Waals surface area contributed by atoms with Gasteiger partial charge in [-0.15, -0.1) is 0 Å². The van der Waals surface area contributed by atoms with E-state index in [-0.39, 0.29) is 5.91 Å². The molecule has 0 atom stereocenters. The Kier molecular flexibility index (Phi) is 5.44. The van der Waals surface area contributed by atoms with Gasteiger partial charge in [0, 0.05) is 32.0 Å². The molecule has 0 unspecified atom stereocenters. The Morgan fingerprint density at radius 1 is 1.25 bits per heavy atom. The van der Waals surface area contributed by atoms with E-state index in [1.54, 1.807) is 17.9 Å². The van der Waals surface area contributed by atoms with Crippen LogP contribution in [-0.4, -0.2) is 44.5 Å². The Balaban J connectivity index is 2.45. The molecule has 0 N–H and O–H groups in total. The van der Waals surface area contributed by atoms with E-state index in [4.69, 9.17) is 4.74 Å². The minimum absolute atomic E-state index is 0.147. The third-order valence-electron chi connectivity index (χ3n) is 4.07. The molecular weight excluding hydrogens is 304 g/mol. The second-order valence-electron chi connectivity index (χ2n) is 5.95. The van der Waals surface area contributed by atoms with Gasteiger partial charge in [0.25, 0.3) is 5.91 Å². The zero-order chi connectivity index (χ0) is 17.9. The zero-order valence-corrected chi connectivity index (χ0v) is 14.9. The van der Waals surface area contributed by atoms with Crippen LogP contribution in [0.4, 0.5) is 5.69 Å². The minimum Gasteiger partial charge on any atom is -0.465 e. The van der Waals surface area contributed by atoms with E-state index in [0.717, 1.165) is 17.7 Å². The first kappa shape index (κ1) is 17.8. The SMILES string of the molecule is CCCN1C(=O)/C(=C\c2ccc(N(C)C)cc2)C(C(=O)OC)=C1C. The summed E-state index contributed by atoms with van der Waals surface area (Å²) in [4.78, 5) is 28.5. The van der Waals surface area contributed by atoms with Gasteiger partial charge in [0.2, 0.25) is 0 Å². The largest absolute Gasteiger partial charge is 0.465 e. The lowest BCUT2D eigenvalue weighted by molar-refractivity contribution is -0.136. The monoisotopic (exact) mass is 328 g/mol. The van der Waals surface area contributed by atoms with Crippen molar-refractivity contribution in [2.24, 2.45) is 0 Å². The highest BCUT2D eigenvalue weighted by molar-refractivity contribution is 6.16. The van der Waals surface area contributed by atoms with Crippen LogP contribution in [0.5, 0.6) is 0 Å². The van der Waals surface area contributed by atoms with Crippen molar-refractivity contribution < 1.29 is 14.3 Å². The number of ether oxygens (including phenoxy) is 1. The summed E-state index contributed by atoms with van der Waals surface area (Å²) in [7, 11) is 5.27. The van der Waals surface area contributed by atoms with Crippen LogP contribution in [0.3, 0.4) is 0 Å². The van der Waals surface area contributed by atoms with Gasteiger partial charge in [-0.05, 0) is 37.1 Å². The molecule has 0 saturated heterocycles. The number of rotatable bonds is 5. The van der Waals surface area contributed by atoms with E-state index in [2.05, 4.69) is 0 Å². The summed E-state index contributed by atoms with van der Waals surface area (Å²) in [5.41, 5.74) is 3.35. The van der Waals surface area contributed by atoms with Crippen LogP contribution in [0.2, 0.25) is 0 Å². The molecule has 1 heterocycles. The van der Waals surface area contributed by atoms with Gasteiger partial charge in [-0.1, -0.05) is 19.1 Å². The van der Waals surface area contributed by atoms with E-state index >= 15 is 0 Å². The Morgan fingerprint density at radius 3 is 2.38 bits per heavy atom. The van der Waals surface area contributed by atoms with E-state index in [9.17, 15) is 9.59 Å². The molecule has 128 valence electrons. The number of carbonyl (C=O) groups excluding carboxylic acids is 2. The van der Waals surface area contributed by atoms with Gasteiger partial charge in [0.1, 0.15) is 0 Å². The number of carbonyl (C=O) groups is 2. The zero-order valence-electron chi connectivity index (χ0n) is 14.9. The lowest BCUT2D eigenvalue weighted by Crippen LogP contribution is -2.25. The van der Waals surface area contributed by atoms with Crippen molar-refractivity contribution in [1.82, 2.24) is 4.90 Å². The second-order valence-corrected chi connectivity index (χ2v) is 5.95. The lowest BCUT2D eigenvalue weighted by Gasteiger charge is -2.16. The van der Waals surface area contributed by atoms with Crippen molar-refractivity contribution in [2.75, 3.05) is 32.6 Å². The minimum atomic E-state index is -0.476. The summed E-state index contributed by atoms with van der Waals surface area (Å²) in [6.45, 7) is 4.37. The maximum Gasteiger partial charge on any atom is 0.340 e. The molecule has 0 radical (unpaired) electrons. The second kappa shape index (κ2) is 7.34. The number of esters is 1. The summed E-state index contributed by atoms with van der Waals surface area (Å²) < 4.78 is 4.87. The van der Waals surface area contributed by atoms with Gasteiger partial charge in [0.05, 0.1) is 18.3 Å². The van der Waals surface area contributed by atoms with Crippen molar-refractivity contribution in [3.8, 4) is 0 Å². The molecule has 0 aliphatic carbocycles. The molecule has 1 aromatic rings. The third-order valence-corrected chi connectivity index (χ3v) is 4.07. The molecule has 0 fully saturated rings. The van der Waals surface area contributed by atoms with Crippen LogP contribution in [0, 0.1) is 0 Å². The third kappa shape index (κ3) is 3.35. The van der Waals surface area contributed by atoms with E-state index in [0.29, 0.717) is 23.4 Å². The number of allylic oxidation sites excluding steroid dienone is 1. The van der Waals surface area contributed by atoms with E-state index < -0.39 is 5.97 Å². The fourth-order valence-corrected chi connectivity index (χ4v) is 2.76. The van der Waals surface area contributed by atoms with Gasteiger partial charge in [-0.25, -0.2) is 4.79 Å². The van der Waals surface area contributed by atoms with Crippen molar-refractivity contribution >= 4 is 23.6 Å². The van der Waals surface area contributed by atoms with Crippen molar-refractivity contribution in [1.29, 1.82) is 0 Å². The molecule has 1 aliphatic heterocycles. The lowest BCUT2D eigenvalue weighted by atomic mass is 10.0. The first-order chi connectivity index (χ1) is 11.4. The maximum absolute atomic E-state index is 12.7. The van der Waals surface area contributed by atoms with Gasteiger partial charge >= 0.3 is 5.97 Å². The van der Waals surface area contributed by atoms with E-state index in [1.165, 1.54) is 7.11 Å². The van der Waals surface area contributed by atoms with Crippen LogP contribution >= 0.6 is 0 Å². The molecule has 5 heteroatoms. The summed E-state index contributed by atoms with van der Waals surface area (Å²) in [5, 5.41) is 0. The highest BCUT2D eigenvalue weighted by Crippen LogP contribution is 2.31. The van der Waals surface area contributed by atoms with Gasteiger partial charge in [-0.2, -0.15) is 0 Å². The molecular formula is C19H24N2O3. The summed E-state index contributed by atoms with van der Waals surface area (Å²) in [5.74, 6) is -0.623. The van der Waals surface area contributed by atoms with Crippen LogP contribution in [0.15, 0.2) is 41.1 Å². The number of amides is 1. The number of nitrogens with zero attached hydrogens (tertiary/aromatic N) is 2. The summed E-state index contributed by atoms with van der Waals surface area (Å²) in [6.07, 6.45) is 2.58. The van der Waals surface area contributed by atoms with Crippen molar-refractivity contribution in [3.63, 3.8) is 0 Å². The fraction of sp³-hybridized carbons (Fsp3) is 0.368. The molecule has 24 heavy (non-hydrogen) atoms. The first-order valence-electron chi connectivity index (χ1n) is 8.01. The smallest absolute Gasteiger partial charge is 0.340 e. The summed E-state index contributed by atoms with van der Waals surface area (Å²) in [6, 6.07) is 7.82. The normalized spacial score (nSPS) is 16.1. The van der Waals surface area contributed by atoms with Crippen molar-refractivity contribution in [2.45, 2.75) is 20.3 Å². The number of hydrogen-bond acceptors (Lipinski definition) is 4. The predicted molar refractivity (Wildman–Crippen MR) is 95.5 cm³/mol. The predicted octanol–water partition coefficient (Wildman–Crippen LogP) is 2.84. The molecule has 5 nitrogen and oxygen atoms in total. The molecule has 1 aliphatic rings. The van der Waals surface area contributed by atoms with Crippen LogP contribution in [-0.2, 0) is 14.3 Å². The topological polar surface area (TPSA) is 49.9 Å². The molecule has 2 rings (SSSR count). The number of benzene rings is 1. The number of methoxy groups -OCH3 is 1. The molecule has 1 aromatic carbocycles. The average molecular weight is 328 g/mol. The Bertz CT molecular complexity index is 700. The molecule has 0 aromatic heterocycles. The molecule has 0 saturated carbocycles. The average Bonchev–Trinajstić information content (AvgIpc) is 2.79. The van der Waals surface area contributed by atoms with Crippen LogP contribution < -0.4 is 4.90 Å². The first-order valence-corrected chi connectivity index (χ1v) is 8.01. The Labute approximate surface area is 143 Å².